The lowest BCUT2D eigenvalue weighted by molar-refractivity contribution is 0.0947. The van der Waals surface area contributed by atoms with E-state index in [4.69, 9.17) is 4.74 Å². The highest BCUT2D eigenvalue weighted by Gasteiger charge is 2.16. The minimum absolute atomic E-state index is 0.216. The average Bonchev–Trinajstić information content (AvgIpc) is 2.94. The molecular weight excluding hydrogens is 322 g/mol. The molecule has 8 heteroatoms. The molecule has 3 rings (SSSR count). The highest BCUT2D eigenvalue weighted by molar-refractivity contribution is 5.96. The largest absolute Gasteiger partial charge is 0.480 e. The van der Waals surface area contributed by atoms with Gasteiger partial charge >= 0.3 is 0 Å². The summed E-state index contributed by atoms with van der Waals surface area (Å²) in [6, 6.07) is 4.87. The fourth-order valence-corrected chi connectivity index (χ4v) is 2.74. The number of H-pyrrole nitrogens is 1. The minimum Gasteiger partial charge on any atom is -0.480 e. The molecule has 25 heavy (non-hydrogen) atoms. The molecule has 0 aliphatic heterocycles. The molecule has 0 atom stereocenters. The van der Waals surface area contributed by atoms with Crippen LogP contribution in [-0.4, -0.2) is 32.6 Å². The van der Waals surface area contributed by atoms with Crippen molar-refractivity contribution >= 4 is 11.6 Å². The number of rotatable bonds is 4. The summed E-state index contributed by atoms with van der Waals surface area (Å²) in [6.45, 7) is 5.82. The number of carbonyl (C=O) groups excluding carboxylic acids is 1. The fourth-order valence-electron chi connectivity index (χ4n) is 2.74. The first-order valence-electron chi connectivity index (χ1n) is 7.78. The Morgan fingerprint density at radius 2 is 2.04 bits per heavy atom. The van der Waals surface area contributed by atoms with E-state index in [1.165, 1.54) is 13.2 Å². The van der Waals surface area contributed by atoms with Crippen LogP contribution in [0, 0.1) is 20.8 Å². The molecule has 0 aromatic carbocycles. The maximum atomic E-state index is 12.5. The Labute approximate surface area is 143 Å². The van der Waals surface area contributed by atoms with Crippen molar-refractivity contribution in [3.8, 4) is 5.88 Å². The summed E-state index contributed by atoms with van der Waals surface area (Å²) in [5.74, 6) is -0.00138. The van der Waals surface area contributed by atoms with Gasteiger partial charge in [0, 0.05) is 35.3 Å². The number of ether oxygens (including phenoxy) is 1. The molecule has 0 aliphatic rings. The molecule has 3 aromatic rings. The lowest BCUT2D eigenvalue weighted by Crippen LogP contribution is -2.25. The van der Waals surface area contributed by atoms with Gasteiger partial charge in [0.05, 0.1) is 7.11 Å². The Morgan fingerprint density at radius 3 is 2.76 bits per heavy atom. The molecule has 130 valence electrons. The van der Waals surface area contributed by atoms with Crippen LogP contribution in [0.1, 0.15) is 33.0 Å². The summed E-state index contributed by atoms with van der Waals surface area (Å²) >= 11 is 0. The Bertz CT molecular complexity index is 1020. The molecule has 3 aromatic heterocycles. The monoisotopic (exact) mass is 341 g/mol. The minimum atomic E-state index is -0.288. The summed E-state index contributed by atoms with van der Waals surface area (Å²) in [6.07, 6.45) is 0. The SMILES string of the molecule is COc1nc(C)ccc1C(=O)NCc1c(C)nc2cc(=O)[nH]n2c1C. The molecule has 1 amide bonds. The number of pyridine rings is 1. The highest BCUT2D eigenvalue weighted by atomic mass is 16.5. The number of nitrogens with one attached hydrogen (secondary N) is 2. The first-order chi connectivity index (χ1) is 11.9. The van der Waals surface area contributed by atoms with Gasteiger partial charge in [-0.2, -0.15) is 0 Å². The number of amides is 1. The van der Waals surface area contributed by atoms with Crippen molar-refractivity contribution in [2.45, 2.75) is 27.3 Å². The van der Waals surface area contributed by atoms with E-state index in [2.05, 4.69) is 20.4 Å². The summed E-state index contributed by atoms with van der Waals surface area (Å²) in [5.41, 5.74) is 3.89. The Kier molecular flexibility index (Phi) is 4.26. The van der Waals surface area contributed by atoms with Crippen LogP contribution in [0.4, 0.5) is 0 Å². The van der Waals surface area contributed by atoms with E-state index >= 15 is 0 Å². The van der Waals surface area contributed by atoms with Gasteiger partial charge in [0.1, 0.15) is 5.56 Å². The number of methoxy groups -OCH3 is 1. The van der Waals surface area contributed by atoms with E-state index in [1.54, 1.807) is 16.6 Å². The van der Waals surface area contributed by atoms with Crippen LogP contribution < -0.4 is 15.6 Å². The van der Waals surface area contributed by atoms with Crippen LogP contribution in [0.2, 0.25) is 0 Å². The van der Waals surface area contributed by atoms with Gasteiger partial charge in [0.2, 0.25) is 5.88 Å². The van der Waals surface area contributed by atoms with Gasteiger partial charge in [-0.05, 0) is 32.9 Å². The molecule has 0 fully saturated rings. The first kappa shape index (κ1) is 16.7. The predicted molar refractivity (Wildman–Crippen MR) is 92.0 cm³/mol. The van der Waals surface area contributed by atoms with Crippen LogP contribution >= 0.6 is 0 Å². The van der Waals surface area contributed by atoms with Gasteiger partial charge in [0.15, 0.2) is 5.65 Å². The molecule has 0 unspecified atom stereocenters. The number of fused-ring (bicyclic) bond motifs is 1. The fraction of sp³-hybridized carbons (Fsp3) is 0.294. The second-order valence-electron chi connectivity index (χ2n) is 5.77. The number of aromatic nitrogens is 4. The highest BCUT2D eigenvalue weighted by Crippen LogP contribution is 2.17. The van der Waals surface area contributed by atoms with Crippen molar-refractivity contribution in [1.29, 1.82) is 0 Å². The molecule has 0 spiro atoms. The van der Waals surface area contributed by atoms with Crippen LogP contribution in [-0.2, 0) is 6.54 Å². The quantitative estimate of drug-likeness (QED) is 0.744. The van der Waals surface area contributed by atoms with Crippen LogP contribution in [0.25, 0.3) is 5.65 Å². The van der Waals surface area contributed by atoms with Crippen molar-refractivity contribution in [2.75, 3.05) is 7.11 Å². The Morgan fingerprint density at radius 1 is 1.28 bits per heavy atom. The smallest absolute Gasteiger partial charge is 0.266 e. The second-order valence-corrected chi connectivity index (χ2v) is 5.77. The topological polar surface area (TPSA) is 101 Å². The third kappa shape index (κ3) is 3.10. The molecule has 0 saturated heterocycles. The van der Waals surface area contributed by atoms with Crippen molar-refractivity contribution in [1.82, 2.24) is 24.9 Å². The second kappa shape index (κ2) is 6.39. The number of hydrogen-bond donors (Lipinski definition) is 2. The van der Waals surface area contributed by atoms with E-state index in [0.717, 1.165) is 22.6 Å². The summed E-state index contributed by atoms with van der Waals surface area (Å²) in [4.78, 5) is 32.6. The van der Waals surface area contributed by atoms with Crippen molar-refractivity contribution in [2.24, 2.45) is 0 Å². The number of carbonyl (C=O) groups is 1. The summed E-state index contributed by atoms with van der Waals surface area (Å²) in [5, 5.41) is 5.55. The standard InChI is InChI=1S/C17H19N5O3/c1-9-5-6-12(17(19-9)25-4)16(24)18-8-13-10(2)20-14-7-15(23)21-22(14)11(13)3/h5-7H,8H2,1-4H3,(H,18,24)(H,21,23). The zero-order valence-electron chi connectivity index (χ0n) is 14.5. The number of aromatic amines is 1. The molecule has 3 heterocycles. The van der Waals surface area contributed by atoms with E-state index in [9.17, 15) is 9.59 Å². The van der Waals surface area contributed by atoms with Crippen molar-refractivity contribution in [3.63, 3.8) is 0 Å². The number of hydrogen-bond acceptors (Lipinski definition) is 5. The van der Waals surface area contributed by atoms with E-state index in [-0.39, 0.29) is 23.9 Å². The van der Waals surface area contributed by atoms with Gasteiger partial charge in [-0.1, -0.05) is 0 Å². The zero-order chi connectivity index (χ0) is 18.1. The molecule has 2 N–H and O–H groups in total. The van der Waals surface area contributed by atoms with Gasteiger partial charge in [-0.25, -0.2) is 14.5 Å². The first-order valence-corrected chi connectivity index (χ1v) is 7.78. The van der Waals surface area contributed by atoms with Gasteiger partial charge in [-0.3, -0.25) is 14.7 Å². The van der Waals surface area contributed by atoms with Crippen LogP contribution in [0.15, 0.2) is 23.0 Å². The third-order valence-corrected chi connectivity index (χ3v) is 4.07. The molecule has 0 saturated carbocycles. The van der Waals surface area contributed by atoms with Gasteiger partial charge < -0.3 is 10.1 Å². The Hall–Kier alpha value is -3.16. The van der Waals surface area contributed by atoms with Crippen LogP contribution in [0.3, 0.4) is 0 Å². The number of nitrogens with zero attached hydrogens (tertiary/aromatic N) is 3. The van der Waals surface area contributed by atoms with E-state index < -0.39 is 0 Å². The molecular formula is C17H19N5O3. The molecule has 8 nitrogen and oxygen atoms in total. The van der Waals surface area contributed by atoms with Crippen LogP contribution in [0.5, 0.6) is 5.88 Å². The summed E-state index contributed by atoms with van der Waals surface area (Å²) < 4.78 is 6.79. The van der Waals surface area contributed by atoms with Crippen molar-refractivity contribution in [3.05, 3.63) is 56.8 Å². The lowest BCUT2D eigenvalue weighted by Gasteiger charge is -2.13. The molecule has 0 radical (unpaired) electrons. The third-order valence-electron chi connectivity index (χ3n) is 4.07. The molecule has 0 bridgehead atoms. The average molecular weight is 341 g/mol. The molecule has 0 aliphatic carbocycles. The maximum absolute atomic E-state index is 12.5. The van der Waals surface area contributed by atoms with E-state index in [1.807, 2.05) is 20.8 Å². The van der Waals surface area contributed by atoms with E-state index in [0.29, 0.717) is 11.2 Å². The summed E-state index contributed by atoms with van der Waals surface area (Å²) in [7, 11) is 1.48. The Balaban J connectivity index is 1.88. The zero-order valence-corrected chi connectivity index (χ0v) is 14.5. The maximum Gasteiger partial charge on any atom is 0.266 e. The van der Waals surface area contributed by atoms with Crippen molar-refractivity contribution < 1.29 is 9.53 Å². The van der Waals surface area contributed by atoms with Gasteiger partial charge in [0.25, 0.3) is 11.5 Å². The normalized spacial score (nSPS) is 10.9. The lowest BCUT2D eigenvalue weighted by atomic mass is 10.1. The number of aryl methyl sites for hydroxylation is 3. The van der Waals surface area contributed by atoms with Gasteiger partial charge in [-0.15, -0.1) is 0 Å². The predicted octanol–water partition coefficient (Wildman–Crippen LogP) is 1.28.